The lowest BCUT2D eigenvalue weighted by Crippen LogP contribution is -2.56. The van der Waals surface area contributed by atoms with Gasteiger partial charge in [0, 0.05) is 17.9 Å². The van der Waals surface area contributed by atoms with Gasteiger partial charge in [-0.3, -0.25) is 14.4 Å². The molecule has 0 saturated carbocycles. The number of aliphatic hydroxyl groups excluding tert-OH is 1. The third-order valence-corrected chi connectivity index (χ3v) is 8.66. The van der Waals surface area contributed by atoms with Crippen LogP contribution in [0.2, 0.25) is 0 Å². The van der Waals surface area contributed by atoms with E-state index < -0.39 is 35.5 Å². The second-order valence-corrected chi connectivity index (χ2v) is 11.1. The Hall–Kier alpha value is -3.35. The standard InChI is InChI=1S/C26H27BrN6O5/c27-16-12-26-20(19(21(16)38-26)23(35)28-13-15-6-2-1-3-7-15)25(37)32(10-11-34)22(26)24(36)29-14-33-18-9-5-4-8-17(18)30-31-33/h1-9,16,19-22,34H,10-14H2,(H,28,35)(H,29,36)/t16?,19-,20-,21-,22?,26?/m0/s1. The monoisotopic (exact) mass is 582 g/mol. The van der Waals surface area contributed by atoms with E-state index in [2.05, 4.69) is 36.9 Å². The summed E-state index contributed by atoms with van der Waals surface area (Å²) in [6, 6.07) is 15.9. The van der Waals surface area contributed by atoms with Crippen molar-refractivity contribution in [3.63, 3.8) is 0 Å². The number of ether oxygens (including phenoxy) is 1. The number of carbonyl (C=O) groups is 3. The second kappa shape index (κ2) is 9.75. The number of β-amino-alcohol motifs (C(OH)–C–C–N with tert-alkyl or cyclic N) is 1. The average Bonchev–Trinajstić information content (AvgIpc) is 3.64. The third-order valence-electron chi connectivity index (χ3n) is 7.81. The van der Waals surface area contributed by atoms with Crippen molar-refractivity contribution >= 4 is 44.7 Å². The number of nitrogens with one attached hydrogen (secondary N) is 2. The average molecular weight is 583 g/mol. The first-order chi connectivity index (χ1) is 18.4. The van der Waals surface area contributed by atoms with E-state index >= 15 is 0 Å². The van der Waals surface area contributed by atoms with Crippen LogP contribution in [0.25, 0.3) is 11.0 Å². The number of para-hydroxylation sites is 1. The Morgan fingerprint density at radius 3 is 2.66 bits per heavy atom. The Labute approximate surface area is 226 Å². The summed E-state index contributed by atoms with van der Waals surface area (Å²) in [7, 11) is 0. The minimum atomic E-state index is -1.19. The first-order valence-corrected chi connectivity index (χ1v) is 13.5. The second-order valence-electron chi connectivity index (χ2n) is 9.90. The number of carbonyl (C=O) groups excluding carboxylic acids is 3. The minimum Gasteiger partial charge on any atom is -0.395 e. The minimum absolute atomic E-state index is 0.0409. The summed E-state index contributed by atoms with van der Waals surface area (Å²) in [5.41, 5.74) is 1.21. The van der Waals surface area contributed by atoms with Gasteiger partial charge in [0.15, 0.2) is 0 Å². The molecule has 3 aliphatic heterocycles. The van der Waals surface area contributed by atoms with E-state index in [1.807, 2.05) is 54.6 Å². The van der Waals surface area contributed by atoms with E-state index in [0.717, 1.165) is 11.1 Å². The third kappa shape index (κ3) is 3.89. The molecule has 3 unspecified atom stereocenters. The molecule has 2 aromatic carbocycles. The molecule has 1 aromatic heterocycles. The molecule has 198 valence electrons. The number of amides is 3. The van der Waals surface area contributed by atoms with Crippen LogP contribution in [0.4, 0.5) is 0 Å². The highest BCUT2D eigenvalue weighted by Crippen LogP contribution is 2.59. The predicted molar refractivity (Wildman–Crippen MR) is 138 cm³/mol. The first-order valence-electron chi connectivity index (χ1n) is 12.6. The van der Waals surface area contributed by atoms with Gasteiger partial charge in [-0.05, 0) is 24.1 Å². The van der Waals surface area contributed by atoms with Crippen molar-refractivity contribution in [1.82, 2.24) is 30.5 Å². The van der Waals surface area contributed by atoms with Crippen LogP contribution in [0.15, 0.2) is 54.6 Å². The van der Waals surface area contributed by atoms with Gasteiger partial charge in [-0.1, -0.05) is 63.6 Å². The lowest BCUT2D eigenvalue weighted by Gasteiger charge is -2.33. The molecule has 3 aromatic rings. The van der Waals surface area contributed by atoms with E-state index in [-0.39, 0.29) is 36.5 Å². The van der Waals surface area contributed by atoms with E-state index in [1.54, 1.807) is 4.68 Å². The molecule has 3 aliphatic rings. The van der Waals surface area contributed by atoms with Gasteiger partial charge in [-0.25, -0.2) is 4.68 Å². The molecule has 12 heteroatoms. The van der Waals surface area contributed by atoms with Crippen molar-refractivity contribution in [2.24, 2.45) is 11.8 Å². The molecule has 6 rings (SSSR count). The Morgan fingerprint density at radius 1 is 1.11 bits per heavy atom. The maximum atomic E-state index is 13.7. The molecule has 3 amide bonds. The normalized spacial score (nSPS) is 29.6. The van der Waals surface area contributed by atoms with Crippen molar-refractivity contribution in [1.29, 1.82) is 0 Å². The molecule has 3 fully saturated rings. The molecule has 4 heterocycles. The largest absolute Gasteiger partial charge is 0.395 e. The van der Waals surface area contributed by atoms with Gasteiger partial charge >= 0.3 is 0 Å². The summed E-state index contributed by atoms with van der Waals surface area (Å²) in [6.45, 7) is -0.00136. The molecule has 11 nitrogen and oxygen atoms in total. The molecule has 0 radical (unpaired) electrons. The van der Waals surface area contributed by atoms with Crippen LogP contribution in [0.1, 0.15) is 12.0 Å². The summed E-state index contributed by atoms with van der Waals surface area (Å²) in [5.74, 6) is -2.66. The van der Waals surface area contributed by atoms with E-state index in [4.69, 9.17) is 4.74 Å². The van der Waals surface area contributed by atoms with E-state index in [0.29, 0.717) is 18.5 Å². The number of rotatable bonds is 8. The van der Waals surface area contributed by atoms with Crippen molar-refractivity contribution in [2.45, 2.75) is 42.2 Å². The molecule has 6 atom stereocenters. The number of aromatic nitrogens is 3. The quantitative estimate of drug-likeness (QED) is 0.330. The molecule has 0 aliphatic carbocycles. The number of nitrogens with zero attached hydrogens (tertiary/aromatic N) is 4. The number of aliphatic hydroxyl groups is 1. The fraction of sp³-hybridized carbons (Fsp3) is 0.423. The van der Waals surface area contributed by atoms with Crippen LogP contribution in [-0.4, -0.2) is 78.4 Å². The maximum absolute atomic E-state index is 13.7. The van der Waals surface area contributed by atoms with Gasteiger partial charge in [0.2, 0.25) is 17.7 Å². The summed E-state index contributed by atoms with van der Waals surface area (Å²) < 4.78 is 7.99. The zero-order valence-electron chi connectivity index (χ0n) is 20.4. The van der Waals surface area contributed by atoms with Crippen molar-refractivity contribution < 1.29 is 24.2 Å². The number of hydrogen-bond acceptors (Lipinski definition) is 7. The Bertz CT molecular complexity index is 1380. The number of likely N-dealkylation sites (tertiary alicyclic amines) is 1. The number of benzene rings is 2. The van der Waals surface area contributed by atoms with Crippen LogP contribution in [0, 0.1) is 11.8 Å². The molecule has 3 saturated heterocycles. The first kappa shape index (κ1) is 25.0. The highest BCUT2D eigenvalue weighted by Gasteiger charge is 2.76. The highest BCUT2D eigenvalue weighted by atomic mass is 79.9. The number of alkyl halides is 1. The zero-order valence-corrected chi connectivity index (χ0v) is 22.0. The van der Waals surface area contributed by atoms with Crippen molar-refractivity contribution in [3.05, 3.63) is 60.2 Å². The van der Waals surface area contributed by atoms with Crippen molar-refractivity contribution in [2.75, 3.05) is 13.2 Å². The molecular formula is C26H27BrN6O5. The fourth-order valence-electron chi connectivity index (χ4n) is 6.26. The summed E-state index contributed by atoms with van der Waals surface area (Å²) in [6.07, 6.45) is -0.159. The molecule has 3 N–H and O–H groups in total. The van der Waals surface area contributed by atoms with Gasteiger partial charge in [0.1, 0.15) is 23.8 Å². The van der Waals surface area contributed by atoms with Gasteiger partial charge in [-0.15, -0.1) is 5.10 Å². The van der Waals surface area contributed by atoms with E-state index in [9.17, 15) is 19.5 Å². The lowest BCUT2D eigenvalue weighted by atomic mass is 9.70. The van der Waals surface area contributed by atoms with Crippen LogP contribution in [0.3, 0.4) is 0 Å². The number of halogens is 1. The van der Waals surface area contributed by atoms with Crippen LogP contribution in [0.5, 0.6) is 0 Å². The van der Waals surface area contributed by atoms with Gasteiger partial charge in [0.05, 0.1) is 30.1 Å². The SMILES string of the molecule is O=C(NCn1nnc2ccccc21)C1N(CCO)C(=O)[C@@H]2[C@H](C(=O)NCc3ccccc3)[C@H]3OC12CC3Br. The smallest absolute Gasteiger partial charge is 0.247 e. The predicted octanol–water partition coefficient (Wildman–Crippen LogP) is 0.562. The van der Waals surface area contributed by atoms with Gasteiger partial charge in [0.25, 0.3) is 0 Å². The topological polar surface area (TPSA) is 139 Å². The number of hydrogen-bond donors (Lipinski definition) is 3. The number of fused-ring (bicyclic) bond motifs is 2. The Kier molecular flexibility index (Phi) is 6.40. The molecule has 2 bridgehead atoms. The van der Waals surface area contributed by atoms with E-state index in [1.165, 1.54) is 4.90 Å². The Morgan fingerprint density at radius 2 is 1.87 bits per heavy atom. The summed E-state index contributed by atoms with van der Waals surface area (Å²) in [5, 5.41) is 23.8. The van der Waals surface area contributed by atoms with Crippen LogP contribution < -0.4 is 10.6 Å². The Balaban J connectivity index is 1.25. The zero-order chi connectivity index (χ0) is 26.4. The van der Waals surface area contributed by atoms with Crippen molar-refractivity contribution in [3.8, 4) is 0 Å². The fourth-order valence-corrected chi connectivity index (χ4v) is 7.21. The lowest BCUT2D eigenvalue weighted by molar-refractivity contribution is -0.142. The van der Waals surface area contributed by atoms with Gasteiger partial charge < -0.3 is 25.4 Å². The molecule has 1 spiro atoms. The van der Waals surface area contributed by atoms with Gasteiger partial charge in [-0.2, -0.15) is 0 Å². The maximum Gasteiger partial charge on any atom is 0.247 e. The van der Waals surface area contributed by atoms with Crippen LogP contribution >= 0.6 is 15.9 Å². The summed E-state index contributed by atoms with van der Waals surface area (Å²) in [4.78, 5) is 42.0. The molecule has 38 heavy (non-hydrogen) atoms. The highest BCUT2D eigenvalue weighted by molar-refractivity contribution is 9.09. The summed E-state index contributed by atoms with van der Waals surface area (Å²) >= 11 is 3.65. The molecular weight excluding hydrogens is 556 g/mol. The van der Waals surface area contributed by atoms with Crippen LogP contribution in [-0.2, 0) is 32.3 Å².